The zero-order valence-corrected chi connectivity index (χ0v) is 12.3. The molecule has 0 spiro atoms. The van der Waals surface area contributed by atoms with Gasteiger partial charge in [0.15, 0.2) is 5.15 Å². The molecule has 0 saturated carbocycles. The summed E-state index contributed by atoms with van der Waals surface area (Å²) in [6.07, 6.45) is 1.18. The van der Waals surface area contributed by atoms with Gasteiger partial charge in [-0.15, -0.1) is 0 Å². The van der Waals surface area contributed by atoms with Crippen molar-refractivity contribution < 1.29 is 9.66 Å². The number of nitro benzene ring substituents is 1. The Labute approximate surface area is 128 Å². The van der Waals surface area contributed by atoms with Crippen molar-refractivity contribution in [3.63, 3.8) is 0 Å². The van der Waals surface area contributed by atoms with Crippen molar-refractivity contribution in [1.29, 1.82) is 0 Å². The minimum Gasteiger partial charge on any atom is -0.489 e. The van der Waals surface area contributed by atoms with E-state index in [1.54, 1.807) is 0 Å². The SMILES string of the molecule is COc1c(Cl)ncn(Cc2c(Cl)cccc2[N+](=O)[O-])c1=O. The summed E-state index contributed by atoms with van der Waals surface area (Å²) in [7, 11) is 1.28. The Morgan fingerprint density at radius 1 is 1.43 bits per heavy atom. The number of ether oxygens (including phenoxy) is 1. The average molecular weight is 330 g/mol. The molecule has 7 nitrogen and oxygen atoms in total. The summed E-state index contributed by atoms with van der Waals surface area (Å²) in [5.41, 5.74) is -0.521. The lowest BCUT2D eigenvalue weighted by atomic mass is 10.2. The minimum atomic E-state index is -0.563. The second kappa shape index (κ2) is 6.11. The number of hydrogen-bond acceptors (Lipinski definition) is 5. The van der Waals surface area contributed by atoms with Crippen LogP contribution < -0.4 is 10.3 Å². The Hall–Kier alpha value is -2.12. The van der Waals surface area contributed by atoms with E-state index < -0.39 is 10.5 Å². The molecule has 0 saturated heterocycles. The first-order valence-electron chi connectivity index (χ1n) is 5.66. The third-order valence-electron chi connectivity index (χ3n) is 2.78. The molecule has 21 heavy (non-hydrogen) atoms. The lowest BCUT2D eigenvalue weighted by molar-refractivity contribution is -0.385. The third-order valence-corrected chi connectivity index (χ3v) is 3.40. The number of rotatable bonds is 4. The van der Waals surface area contributed by atoms with Gasteiger partial charge in [0.1, 0.15) is 0 Å². The standard InChI is InChI=1S/C12H9Cl2N3O4/c1-21-10-11(14)15-6-16(12(10)18)5-7-8(13)3-2-4-9(7)17(19)20/h2-4,6H,5H2,1H3. The van der Waals surface area contributed by atoms with Crippen molar-refractivity contribution in [1.82, 2.24) is 9.55 Å². The van der Waals surface area contributed by atoms with Gasteiger partial charge in [0.2, 0.25) is 5.75 Å². The van der Waals surface area contributed by atoms with E-state index in [2.05, 4.69) is 4.98 Å². The summed E-state index contributed by atoms with van der Waals surface area (Å²) >= 11 is 11.7. The van der Waals surface area contributed by atoms with Gasteiger partial charge in [-0.05, 0) is 6.07 Å². The molecular formula is C12H9Cl2N3O4. The van der Waals surface area contributed by atoms with E-state index >= 15 is 0 Å². The quantitative estimate of drug-likeness (QED) is 0.488. The van der Waals surface area contributed by atoms with Crippen molar-refractivity contribution >= 4 is 28.9 Å². The zero-order chi connectivity index (χ0) is 15.6. The molecule has 2 aromatic rings. The number of nitro groups is 1. The Kier molecular flexibility index (Phi) is 4.44. The molecule has 0 aliphatic carbocycles. The molecule has 0 fully saturated rings. The monoisotopic (exact) mass is 329 g/mol. The molecule has 110 valence electrons. The predicted octanol–water partition coefficient (Wildman–Crippen LogP) is 2.52. The molecule has 1 heterocycles. The molecule has 0 atom stereocenters. The Balaban J connectivity index is 2.54. The molecule has 9 heteroatoms. The average Bonchev–Trinajstić information content (AvgIpc) is 2.44. The first-order chi connectivity index (χ1) is 9.95. The number of benzene rings is 1. The smallest absolute Gasteiger partial charge is 0.297 e. The van der Waals surface area contributed by atoms with Crippen LogP contribution in [0.1, 0.15) is 5.56 Å². The summed E-state index contributed by atoms with van der Waals surface area (Å²) in [5, 5.41) is 11.1. The largest absolute Gasteiger partial charge is 0.489 e. The van der Waals surface area contributed by atoms with Gasteiger partial charge in [-0.1, -0.05) is 29.3 Å². The van der Waals surface area contributed by atoms with Crippen LogP contribution in [0.2, 0.25) is 10.2 Å². The summed E-state index contributed by atoms with van der Waals surface area (Å²) in [6.45, 7) is -0.116. The van der Waals surface area contributed by atoms with Gasteiger partial charge < -0.3 is 4.74 Å². The highest BCUT2D eigenvalue weighted by atomic mass is 35.5. The fourth-order valence-electron chi connectivity index (χ4n) is 1.78. The van der Waals surface area contributed by atoms with Crippen molar-refractivity contribution in [2.24, 2.45) is 0 Å². The summed E-state index contributed by atoms with van der Waals surface area (Å²) in [4.78, 5) is 26.4. The highest BCUT2D eigenvalue weighted by Crippen LogP contribution is 2.27. The number of methoxy groups -OCH3 is 1. The zero-order valence-electron chi connectivity index (χ0n) is 10.7. The fraction of sp³-hybridized carbons (Fsp3) is 0.167. The van der Waals surface area contributed by atoms with E-state index in [-0.39, 0.29) is 33.7 Å². The molecular weight excluding hydrogens is 321 g/mol. The van der Waals surface area contributed by atoms with Gasteiger partial charge in [-0.25, -0.2) is 4.98 Å². The third kappa shape index (κ3) is 2.98. The maximum atomic E-state index is 12.1. The van der Waals surface area contributed by atoms with Crippen molar-refractivity contribution in [2.75, 3.05) is 7.11 Å². The van der Waals surface area contributed by atoms with E-state index in [9.17, 15) is 14.9 Å². The van der Waals surface area contributed by atoms with Crippen LogP contribution >= 0.6 is 23.2 Å². The minimum absolute atomic E-state index is 0.0765. The summed E-state index contributed by atoms with van der Waals surface area (Å²) in [6, 6.07) is 4.29. The Morgan fingerprint density at radius 2 is 2.14 bits per heavy atom. The van der Waals surface area contributed by atoms with E-state index in [0.29, 0.717) is 0 Å². The predicted molar refractivity (Wildman–Crippen MR) is 77.3 cm³/mol. The van der Waals surface area contributed by atoms with Gasteiger partial charge >= 0.3 is 0 Å². The summed E-state index contributed by atoms with van der Waals surface area (Å²) in [5.74, 6) is -0.131. The lowest BCUT2D eigenvalue weighted by Gasteiger charge is -2.09. The molecule has 0 N–H and O–H groups in total. The molecule has 0 aliphatic heterocycles. The fourth-order valence-corrected chi connectivity index (χ4v) is 2.21. The number of hydrogen-bond donors (Lipinski definition) is 0. The molecule has 2 rings (SSSR count). The van der Waals surface area contributed by atoms with E-state index in [4.69, 9.17) is 27.9 Å². The van der Waals surface area contributed by atoms with E-state index in [0.717, 1.165) is 4.57 Å². The highest BCUT2D eigenvalue weighted by molar-refractivity contribution is 6.31. The van der Waals surface area contributed by atoms with Crippen LogP contribution in [-0.2, 0) is 6.54 Å². The maximum Gasteiger partial charge on any atom is 0.297 e. The number of aromatic nitrogens is 2. The molecule has 0 bridgehead atoms. The molecule has 0 unspecified atom stereocenters. The molecule has 1 aromatic carbocycles. The lowest BCUT2D eigenvalue weighted by Crippen LogP contribution is -2.23. The second-order valence-corrected chi connectivity index (χ2v) is 4.76. The molecule has 0 radical (unpaired) electrons. The normalized spacial score (nSPS) is 10.4. The molecule has 0 aliphatic rings. The first kappa shape index (κ1) is 15.3. The van der Waals surface area contributed by atoms with Crippen LogP contribution in [-0.4, -0.2) is 21.6 Å². The van der Waals surface area contributed by atoms with Gasteiger partial charge in [0, 0.05) is 6.07 Å². The van der Waals surface area contributed by atoms with Gasteiger partial charge in [0.05, 0.1) is 35.5 Å². The van der Waals surface area contributed by atoms with Crippen LogP contribution in [0.25, 0.3) is 0 Å². The topological polar surface area (TPSA) is 87.3 Å². The van der Waals surface area contributed by atoms with Crippen LogP contribution in [0.15, 0.2) is 29.3 Å². The maximum absolute atomic E-state index is 12.1. The van der Waals surface area contributed by atoms with Gasteiger partial charge in [-0.3, -0.25) is 19.5 Å². The summed E-state index contributed by atoms with van der Waals surface area (Å²) < 4.78 is 6.01. The van der Waals surface area contributed by atoms with Crippen LogP contribution in [0.3, 0.4) is 0 Å². The van der Waals surface area contributed by atoms with Crippen LogP contribution in [0.5, 0.6) is 5.75 Å². The van der Waals surface area contributed by atoms with Crippen molar-refractivity contribution in [3.05, 3.63) is 60.7 Å². The van der Waals surface area contributed by atoms with Crippen molar-refractivity contribution in [2.45, 2.75) is 6.54 Å². The van der Waals surface area contributed by atoms with Crippen molar-refractivity contribution in [3.8, 4) is 5.75 Å². The number of nitrogens with zero attached hydrogens (tertiary/aromatic N) is 3. The van der Waals surface area contributed by atoms with E-state index in [1.807, 2.05) is 0 Å². The van der Waals surface area contributed by atoms with Crippen LogP contribution in [0, 0.1) is 10.1 Å². The first-order valence-corrected chi connectivity index (χ1v) is 6.42. The number of halogens is 2. The Morgan fingerprint density at radius 3 is 2.76 bits per heavy atom. The van der Waals surface area contributed by atoms with Crippen LogP contribution in [0.4, 0.5) is 5.69 Å². The van der Waals surface area contributed by atoms with Gasteiger partial charge in [0.25, 0.3) is 11.2 Å². The van der Waals surface area contributed by atoms with Gasteiger partial charge in [-0.2, -0.15) is 0 Å². The molecule has 1 aromatic heterocycles. The van der Waals surface area contributed by atoms with E-state index in [1.165, 1.54) is 31.6 Å². The second-order valence-electron chi connectivity index (χ2n) is 4.00. The Bertz CT molecular complexity index is 761. The highest BCUT2D eigenvalue weighted by Gasteiger charge is 2.19. The molecule has 0 amide bonds.